The number of nitro groups is 1. The van der Waals surface area contributed by atoms with Crippen LogP contribution in [0.25, 0.3) is 0 Å². The summed E-state index contributed by atoms with van der Waals surface area (Å²) in [5.74, 6) is -0.520. The number of Topliss-reactive ketones (excluding diaryl/α,β-unsaturated/α-hetero) is 1. The van der Waals surface area contributed by atoms with E-state index in [9.17, 15) is 19.7 Å². The van der Waals surface area contributed by atoms with E-state index >= 15 is 0 Å². The van der Waals surface area contributed by atoms with Gasteiger partial charge in [0, 0.05) is 48.7 Å². The molecule has 5 rings (SSSR count). The van der Waals surface area contributed by atoms with Gasteiger partial charge in [0.1, 0.15) is 0 Å². The molecular formula is C35H37N3O5. The Kier molecular flexibility index (Phi) is 9.35. The first-order valence-corrected chi connectivity index (χ1v) is 14.8. The van der Waals surface area contributed by atoms with Crippen LogP contribution in [0.4, 0.5) is 11.4 Å². The number of ether oxygens (including phenoxy) is 1. The number of carbonyl (C=O) groups is 2. The zero-order valence-electron chi connectivity index (χ0n) is 24.7. The molecule has 1 saturated heterocycles. The van der Waals surface area contributed by atoms with Gasteiger partial charge in [-0.15, -0.1) is 0 Å². The molecule has 1 aromatic heterocycles. The van der Waals surface area contributed by atoms with Crippen molar-refractivity contribution in [2.75, 3.05) is 24.6 Å². The van der Waals surface area contributed by atoms with Crippen LogP contribution in [-0.4, -0.2) is 40.9 Å². The maximum atomic E-state index is 13.3. The number of hydrogen-bond acceptors (Lipinski definition) is 6. The second-order valence-electron chi connectivity index (χ2n) is 11.3. The number of aromatic nitrogens is 1. The van der Waals surface area contributed by atoms with Crippen LogP contribution in [0.5, 0.6) is 0 Å². The van der Waals surface area contributed by atoms with E-state index in [2.05, 4.69) is 33.7 Å². The Morgan fingerprint density at radius 2 is 1.53 bits per heavy atom. The molecule has 0 atom stereocenters. The van der Waals surface area contributed by atoms with Gasteiger partial charge in [-0.3, -0.25) is 14.9 Å². The Bertz CT molecular complexity index is 1590. The van der Waals surface area contributed by atoms with E-state index in [1.165, 1.54) is 23.3 Å². The third-order valence-corrected chi connectivity index (χ3v) is 8.41. The molecular weight excluding hydrogens is 542 g/mol. The molecule has 8 heteroatoms. The van der Waals surface area contributed by atoms with Gasteiger partial charge in [0.25, 0.3) is 5.69 Å². The standard InChI is InChI=1S/C35H37N3O5/c1-25-21-31(26(2)37(25)20-17-27-9-5-3-6-10-27)34(39)24-43-35(40)32-23-30(38(41)42)13-14-33(32)36-18-15-29(16-19-36)22-28-11-7-4-8-12-28/h3-14,21,23,29H,15-20,22,24H2,1-2H3. The summed E-state index contributed by atoms with van der Waals surface area (Å²) < 4.78 is 7.60. The highest BCUT2D eigenvalue weighted by Gasteiger charge is 2.26. The lowest BCUT2D eigenvalue weighted by Crippen LogP contribution is -2.35. The average molecular weight is 580 g/mol. The van der Waals surface area contributed by atoms with Crippen molar-refractivity contribution in [2.24, 2.45) is 5.92 Å². The van der Waals surface area contributed by atoms with Crippen molar-refractivity contribution in [3.05, 3.63) is 129 Å². The number of nitro benzene ring substituents is 1. The molecule has 0 N–H and O–H groups in total. The van der Waals surface area contributed by atoms with E-state index in [0.717, 1.165) is 56.7 Å². The minimum Gasteiger partial charge on any atom is -0.454 e. The quantitative estimate of drug-likeness (QED) is 0.0844. The molecule has 0 amide bonds. The third-order valence-electron chi connectivity index (χ3n) is 8.41. The molecule has 8 nitrogen and oxygen atoms in total. The van der Waals surface area contributed by atoms with E-state index in [1.807, 2.05) is 56.3 Å². The summed E-state index contributed by atoms with van der Waals surface area (Å²) in [7, 11) is 0. The molecule has 1 aliphatic rings. The molecule has 3 aromatic carbocycles. The lowest BCUT2D eigenvalue weighted by Gasteiger charge is -2.34. The fraction of sp³-hybridized carbons (Fsp3) is 0.314. The first-order valence-electron chi connectivity index (χ1n) is 14.8. The topological polar surface area (TPSA) is 94.7 Å². The van der Waals surface area contributed by atoms with Gasteiger partial charge < -0.3 is 14.2 Å². The first-order chi connectivity index (χ1) is 20.8. The van der Waals surface area contributed by atoms with Crippen LogP contribution in [0, 0.1) is 29.9 Å². The number of carbonyl (C=O) groups excluding carboxylic acids is 2. The Labute approximate surface area is 252 Å². The van der Waals surface area contributed by atoms with Crippen molar-refractivity contribution in [1.29, 1.82) is 0 Å². The number of hydrogen-bond donors (Lipinski definition) is 0. The number of ketones is 1. The van der Waals surface area contributed by atoms with Crippen LogP contribution in [0.3, 0.4) is 0 Å². The van der Waals surface area contributed by atoms with Gasteiger partial charge in [0.05, 0.1) is 16.2 Å². The zero-order chi connectivity index (χ0) is 30.3. The first kappa shape index (κ1) is 29.8. The van der Waals surface area contributed by atoms with Gasteiger partial charge in [0.2, 0.25) is 5.78 Å². The predicted molar refractivity (Wildman–Crippen MR) is 167 cm³/mol. The molecule has 0 unspecified atom stereocenters. The number of esters is 1. The minimum atomic E-state index is -0.739. The van der Waals surface area contributed by atoms with Crippen molar-refractivity contribution >= 4 is 23.1 Å². The maximum absolute atomic E-state index is 13.3. The van der Waals surface area contributed by atoms with Crippen LogP contribution in [-0.2, 0) is 24.1 Å². The average Bonchev–Trinajstić information content (AvgIpc) is 3.32. The van der Waals surface area contributed by atoms with E-state index < -0.39 is 17.5 Å². The van der Waals surface area contributed by atoms with Crippen LogP contribution >= 0.6 is 0 Å². The van der Waals surface area contributed by atoms with E-state index in [0.29, 0.717) is 17.2 Å². The zero-order valence-corrected chi connectivity index (χ0v) is 24.7. The minimum absolute atomic E-state index is 0.108. The lowest BCUT2D eigenvalue weighted by atomic mass is 9.90. The predicted octanol–water partition coefficient (Wildman–Crippen LogP) is 6.75. The summed E-state index contributed by atoms with van der Waals surface area (Å²) in [6.45, 7) is 5.59. The molecule has 43 heavy (non-hydrogen) atoms. The monoisotopic (exact) mass is 579 g/mol. The molecule has 2 heterocycles. The fourth-order valence-corrected chi connectivity index (χ4v) is 6.00. The maximum Gasteiger partial charge on any atom is 0.340 e. The van der Waals surface area contributed by atoms with E-state index in [1.54, 1.807) is 6.07 Å². The highest BCUT2D eigenvalue weighted by Crippen LogP contribution is 2.31. The summed E-state index contributed by atoms with van der Waals surface area (Å²) in [5.41, 5.74) is 5.33. The molecule has 0 radical (unpaired) electrons. The summed E-state index contributed by atoms with van der Waals surface area (Å²) in [6, 6.07) is 26.7. The van der Waals surface area contributed by atoms with Gasteiger partial charge in [0.15, 0.2) is 6.61 Å². The summed E-state index contributed by atoms with van der Waals surface area (Å²) >= 11 is 0. The lowest BCUT2D eigenvalue weighted by molar-refractivity contribution is -0.384. The second kappa shape index (κ2) is 13.5. The van der Waals surface area contributed by atoms with Crippen molar-refractivity contribution in [2.45, 2.75) is 46.1 Å². The summed E-state index contributed by atoms with van der Waals surface area (Å²) in [4.78, 5) is 39.6. The number of benzene rings is 3. The van der Waals surface area contributed by atoms with Gasteiger partial charge in [-0.25, -0.2) is 4.79 Å². The van der Waals surface area contributed by atoms with Gasteiger partial charge in [-0.1, -0.05) is 60.7 Å². The van der Waals surface area contributed by atoms with Gasteiger partial charge >= 0.3 is 5.97 Å². The number of aryl methyl sites for hydroxylation is 2. The van der Waals surface area contributed by atoms with Crippen LogP contribution < -0.4 is 4.90 Å². The molecule has 0 spiro atoms. The SMILES string of the molecule is Cc1cc(C(=O)COC(=O)c2cc([N+](=O)[O-])ccc2N2CCC(Cc3ccccc3)CC2)c(C)n1CCc1ccccc1. The Morgan fingerprint density at radius 3 is 2.19 bits per heavy atom. The molecule has 0 aliphatic carbocycles. The Balaban J connectivity index is 1.25. The van der Waals surface area contributed by atoms with Crippen LogP contribution in [0.1, 0.15) is 56.1 Å². The largest absolute Gasteiger partial charge is 0.454 e. The van der Waals surface area contributed by atoms with Gasteiger partial charge in [-0.2, -0.15) is 0 Å². The molecule has 4 aromatic rings. The number of rotatable bonds is 11. The van der Waals surface area contributed by atoms with Crippen molar-refractivity contribution in [1.82, 2.24) is 4.57 Å². The van der Waals surface area contributed by atoms with Gasteiger partial charge in [-0.05, 0) is 68.7 Å². The number of non-ortho nitro benzene ring substituents is 1. The second-order valence-corrected chi connectivity index (χ2v) is 11.3. The van der Waals surface area contributed by atoms with Crippen molar-refractivity contribution in [3.63, 3.8) is 0 Å². The summed E-state index contributed by atoms with van der Waals surface area (Å²) in [6.07, 6.45) is 3.72. The number of anilines is 1. The molecule has 222 valence electrons. The Morgan fingerprint density at radius 1 is 0.884 bits per heavy atom. The fourth-order valence-electron chi connectivity index (χ4n) is 6.00. The smallest absolute Gasteiger partial charge is 0.340 e. The van der Waals surface area contributed by atoms with Crippen molar-refractivity contribution < 1.29 is 19.2 Å². The molecule has 0 saturated carbocycles. The normalized spacial score (nSPS) is 13.6. The third kappa shape index (κ3) is 7.20. The molecule has 1 aliphatic heterocycles. The number of nitrogens with zero attached hydrogens (tertiary/aromatic N) is 3. The Hall–Kier alpha value is -4.72. The van der Waals surface area contributed by atoms with E-state index in [-0.39, 0.29) is 17.0 Å². The van der Waals surface area contributed by atoms with E-state index in [4.69, 9.17) is 4.74 Å². The van der Waals surface area contributed by atoms with Crippen LogP contribution in [0.2, 0.25) is 0 Å². The molecule has 0 bridgehead atoms. The van der Waals surface area contributed by atoms with Crippen LogP contribution in [0.15, 0.2) is 84.9 Å². The summed E-state index contributed by atoms with van der Waals surface area (Å²) in [5, 5.41) is 11.5. The number of piperidine rings is 1. The van der Waals surface area contributed by atoms with Crippen molar-refractivity contribution in [3.8, 4) is 0 Å². The highest BCUT2D eigenvalue weighted by molar-refractivity contribution is 6.02. The highest BCUT2D eigenvalue weighted by atomic mass is 16.6. The molecule has 1 fully saturated rings.